The molecule has 2 aromatic rings. The first-order valence-corrected chi connectivity index (χ1v) is 9.36. The van der Waals surface area contributed by atoms with Gasteiger partial charge in [-0.3, -0.25) is 0 Å². The smallest absolute Gasteiger partial charge is 0.175 e. The summed E-state index contributed by atoms with van der Waals surface area (Å²) in [5, 5.41) is 0. The van der Waals surface area contributed by atoms with E-state index in [0.717, 1.165) is 35.5 Å². The minimum atomic E-state index is -3.16. The largest absolute Gasteiger partial charge is 0.457 e. The van der Waals surface area contributed by atoms with Gasteiger partial charge in [-0.15, -0.1) is 0 Å². The summed E-state index contributed by atoms with van der Waals surface area (Å²) in [5.74, 6) is 1.55. The first-order chi connectivity index (χ1) is 11.0. The van der Waals surface area contributed by atoms with Crippen molar-refractivity contribution in [1.82, 2.24) is 0 Å². The van der Waals surface area contributed by atoms with E-state index in [0.29, 0.717) is 4.91 Å². The molecule has 0 saturated heterocycles. The van der Waals surface area contributed by atoms with Crippen LogP contribution in [0.15, 0.2) is 71.7 Å². The first-order valence-electron chi connectivity index (χ1n) is 7.46. The van der Waals surface area contributed by atoms with Crippen LogP contribution in [0.25, 0.3) is 5.57 Å². The molecule has 2 aromatic carbocycles. The maximum Gasteiger partial charge on any atom is 0.175 e. The second-order valence-corrected chi connectivity index (χ2v) is 7.54. The maximum absolute atomic E-state index is 11.7. The molecule has 0 aliphatic heterocycles. The zero-order valence-corrected chi connectivity index (χ0v) is 13.7. The Hall–Kier alpha value is -2.33. The predicted molar refractivity (Wildman–Crippen MR) is 93.1 cm³/mol. The number of benzene rings is 2. The lowest BCUT2D eigenvalue weighted by atomic mass is 9.97. The van der Waals surface area contributed by atoms with Crippen LogP contribution in [0.2, 0.25) is 0 Å². The Morgan fingerprint density at radius 2 is 1.57 bits per heavy atom. The van der Waals surface area contributed by atoms with Crippen molar-refractivity contribution in [1.29, 1.82) is 0 Å². The van der Waals surface area contributed by atoms with E-state index >= 15 is 0 Å². The van der Waals surface area contributed by atoms with Gasteiger partial charge in [0.15, 0.2) is 9.84 Å². The summed E-state index contributed by atoms with van der Waals surface area (Å²) in [5.41, 5.74) is 2.07. The highest BCUT2D eigenvalue weighted by molar-refractivity contribution is 7.94. The van der Waals surface area contributed by atoms with Crippen LogP contribution >= 0.6 is 0 Å². The van der Waals surface area contributed by atoms with Gasteiger partial charge in [-0.25, -0.2) is 8.42 Å². The number of rotatable bonds is 4. The minimum Gasteiger partial charge on any atom is -0.457 e. The van der Waals surface area contributed by atoms with Crippen molar-refractivity contribution in [2.45, 2.75) is 12.8 Å². The van der Waals surface area contributed by atoms with Gasteiger partial charge in [0.05, 0.1) is 4.91 Å². The zero-order valence-electron chi connectivity index (χ0n) is 12.9. The van der Waals surface area contributed by atoms with E-state index in [1.54, 1.807) is 12.2 Å². The molecule has 0 amide bonds. The summed E-state index contributed by atoms with van der Waals surface area (Å²) >= 11 is 0. The van der Waals surface area contributed by atoms with E-state index in [-0.39, 0.29) is 0 Å². The highest BCUT2D eigenvalue weighted by Crippen LogP contribution is 2.30. The van der Waals surface area contributed by atoms with Gasteiger partial charge in [-0.05, 0) is 54.3 Å². The molecular formula is C19H18O3S. The molecule has 0 unspecified atom stereocenters. The Balaban J connectivity index is 1.80. The molecule has 0 saturated carbocycles. The van der Waals surface area contributed by atoms with E-state index in [2.05, 4.69) is 0 Å². The minimum absolute atomic E-state index is 0.406. The lowest BCUT2D eigenvalue weighted by Crippen LogP contribution is -2.02. The Bertz CT molecular complexity index is 845. The fourth-order valence-electron chi connectivity index (χ4n) is 2.52. The van der Waals surface area contributed by atoms with Crippen LogP contribution in [0.4, 0.5) is 0 Å². The number of ether oxygens (including phenoxy) is 1. The second kappa shape index (κ2) is 6.42. The molecule has 0 radical (unpaired) electrons. The Labute approximate surface area is 136 Å². The Kier molecular flexibility index (Phi) is 4.35. The Morgan fingerprint density at radius 1 is 0.913 bits per heavy atom. The molecule has 0 atom stereocenters. The molecule has 3 nitrogen and oxygen atoms in total. The van der Waals surface area contributed by atoms with Crippen LogP contribution in [0.3, 0.4) is 0 Å². The molecule has 4 heteroatoms. The van der Waals surface area contributed by atoms with E-state index in [9.17, 15) is 8.42 Å². The fraction of sp³-hybridized carbons (Fsp3) is 0.158. The van der Waals surface area contributed by atoms with Gasteiger partial charge in [-0.1, -0.05) is 36.4 Å². The average molecular weight is 326 g/mol. The third-order valence-electron chi connectivity index (χ3n) is 3.71. The van der Waals surface area contributed by atoms with Gasteiger partial charge in [0.2, 0.25) is 0 Å². The molecule has 0 fully saturated rings. The Morgan fingerprint density at radius 3 is 2.22 bits per heavy atom. The number of hydrogen-bond acceptors (Lipinski definition) is 3. The summed E-state index contributed by atoms with van der Waals surface area (Å²) in [6, 6.07) is 17.3. The number of allylic oxidation sites excluding steroid dienone is 3. The van der Waals surface area contributed by atoms with E-state index < -0.39 is 9.84 Å². The standard InChI is InChI=1S/C19H18O3S/c1-23(20,21)19-9-5-6-16(14-19)15-10-12-18(13-11-15)22-17-7-3-2-4-8-17/h2-4,7-14H,5-6H2,1H3. The van der Waals surface area contributed by atoms with E-state index in [1.165, 1.54) is 6.26 Å². The molecular weight excluding hydrogens is 308 g/mol. The van der Waals surface area contributed by atoms with Crippen LogP contribution in [-0.4, -0.2) is 14.7 Å². The fourth-order valence-corrected chi connectivity index (χ4v) is 3.30. The lowest BCUT2D eigenvalue weighted by molar-refractivity contribution is 0.482. The topological polar surface area (TPSA) is 43.4 Å². The summed E-state index contributed by atoms with van der Waals surface area (Å²) in [7, 11) is -3.16. The molecule has 0 heterocycles. The van der Waals surface area contributed by atoms with E-state index in [4.69, 9.17) is 4.74 Å². The van der Waals surface area contributed by atoms with Gasteiger partial charge in [0.25, 0.3) is 0 Å². The first kappa shape index (κ1) is 15.6. The van der Waals surface area contributed by atoms with Crippen molar-refractivity contribution in [2.75, 3.05) is 6.26 Å². The van der Waals surface area contributed by atoms with Crippen molar-refractivity contribution < 1.29 is 13.2 Å². The van der Waals surface area contributed by atoms with Gasteiger partial charge in [0, 0.05) is 6.26 Å². The summed E-state index contributed by atoms with van der Waals surface area (Å²) in [4.78, 5) is 0.406. The third kappa shape index (κ3) is 3.90. The van der Waals surface area contributed by atoms with Gasteiger partial charge in [0.1, 0.15) is 11.5 Å². The number of sulfone groups is 1. The summed E-state index contributed by atoms with van der Waals surface area (Å²) in [6.45, 7) is 0. The predicted octanol–water partition coefficient (Wildman–Crippen LogP) is 4.58. The van der Waals surface area contributed by atoms with Gasteiger partial charge >= 0.3 is 0 Å². The summed E-state index contributed by atoms with van der Waals surface area (Å²) in [6.07, 6.45) is 6.39. The molecule has 0 spiro atoms. The monoisotopic (exact) mass is 326 g/mol. The van der Waals surface area contributed by atoms with Crippen LogP contribution < -0.4 is 4.74 Å². The normalized spacial score (nSPS) is 14.8. The SMILES string of the molecule is CS(=O)(=O)C1=CCCC(c2ccc(Oc3ccccc3)cc2)=C1. The number of hydrogen-bond donors (Lipinski definition) is 0. The second-order valence-electron chi connectivity index (χ2n) is 5.53. The average Bonchev–Trinajstić information content (AvgIpc) is 2.56. The molecule has 0 aromatic heterocycles. The van der Waals surface area contributed by atoms with Crippen molar-refractivity contribution in [2.24, 2.45) is 0 Å². The van der Waals surface area contributed by atoms with Gasteiger partial charge in [-0.2, -0.15) is 0 Å². The molecule has 118 valence electrons. The molecule has 23 heavy (non-hydrogen) atoms. The maximum atomic E-state index is 11.7. The zero-order chi connectivity index (χ0) is 16.3. The van der Waals surface area contributed by atoms with Crippen molar-refractivity contribution in [3.63, 3.8) is 0 Å². The van der Waals surface area contributed by atoms with Crippen LogP contribution in [-0.2, 0) is 9.84 Å². The summed E-state index contributed by atoms with van der Waals surface area (Å²) < 4.78 is 29.1. The highest BCUT2D eigenvalue weighted by atomic mass is 32.2. The molecule has 1 aliphatic rings. The number of para-hydroxylation sites is 1. The molecule has 0 N–H and O–H groups in total. The van der Waals surface area contributed by atoms with Crippen LogP contribution in [0, 0.1) is 0 Å². The van der Waals surface area contributed by atoms with Crippen molar-refractivity contribution in [3.8, 4) is 11.5 Å². The van der Waals surface area contributed by atoms with Crippen LogP contribution in [0.1, 0.15) is 18.4 Å². The quantitative estimate of drug-likeness (QED) is 0.825. The third-order valence-corrected chi connectivity index (χ3v) is 4.85. The van der Waals surface area contributed by atoms with Crippen molar-refractivity contribution in [3.05, 3.63) is 77.2 Å². The molecule has 1 aliphatic carbocycles. The molecule has 0 bridgehead atoms. The van der Waals surface area contributed by atoms with Crippen LogP contribution in [0.5, 0.6) is 11.5 Å². The lowest BCUT2D eigenvalue weighted by Gasteiger charge is -2.14. The molecule has 3 rings (SSSR count). The van der Waals surface area contributed by atoms with Gasteiger partial charge < -0.3 is 4.74 Å². The van der Waals surface area contributed by atoms with E-state index in [1.807, 2.05) is 54.6 Å². The highest BCUT2D eigenvalue weighted by Gasteiger charge is 2.14. The van der Waals surface area contributed by atoms with Crippen molar-refractivity contribution >= 4 is 15.4 Å².